The lowest BCUT2D eigenvalue weighted by molar-refractivity contribution is 0.260. The Kier molecular flexibility index (Phi) is 4.54. The lowest BCUT2D eigenvalue weighted by atomic mass is 10.0. The molecule has 2 aromatic heterocycles. The number of nitrogens with one attached hydrogen (secondary N) is 1. The second-order valence-corrected chi connectivity index (χ2v) is 8.53. The van der Waals surface area contributed by atoms with Crippen LogP contribution in [0.1, 0.15) is 23.3 Å². The van der Waals surface area contributed by atoms with E-state index in [1.165, 1.54) is 11.3 Å². The Morgan fingerprint density at radius 1 is 1.23 bits per heavy atom. The normalized spacial score (nSPS) is 18.3. The van der Waals surface area contributed by atoms with Gasteiger partial charge in [-0.05, 0) is 70.1 Å². The van der Waals surface area contributed by atoms with Gasteiger partial charge in [0.1, 0.15) is 11.6 Å². The van der Waals surface area contributed by atoms with E-state index in [4.69, 9.17) is 0 Å². The number of hydrogen-bond donors (Lipinski definition) is 2. The number of piperidine rings is 1. The maximum absolute atomic E-state index is 10.7. The summed E-state index contributed by atoms with van der Waals surface area (Å²) in [6, 6.07) is 8.45. The van der Waals surface area contributed by atoms with Gasteiger partial charge in [-0.2, -0.15) is 0 Å². The molecule has 1 aromatic carbocycles. The van der Waals surface area contributed by atoms with Crippen molar-refractivity contribution in [3.63, 3.8) is 0 Å². The van der Waals surface area contributed by atoms with E-state index >= 15 is 0 Å². The Labute approximate surface area is 157 Å². The van der Waals surface area contributed by atoms with Crippen molar-refractivity contribution in [1.82, 2.24) is 15.1 Å². The van der Waals surface area contributed by atoms with Crippen molar-refractivity contribution in [2.24, 2.45) is 0 Å². The Morgan fingerprint density at radius 3 is 2.85 bits per heavy atom. The van der Waals surface area contributed by atoms with Gasteiger partial charge in [-0.3, -0.25) is 0 Å². The summed E-state index contributed by atoms with van der Waals surface area (Å²) < 4.78 is 1.09. The monoisotopic (exact) mass is 368 g/mol. The first-order valence-corrected chi connectivity index (χ1v) is 9.85. The van der Waals surface area contributed by atoms with Crippen molar-refractivity contribution >= 4 is 27.2 Å². The molecule has 0 aliphatic carbocycles. The van der Waals surface area contributed by atoms with E-state index in [9.17, 15) is 5.11 Å². The number of rotatable bonds is 3. The smallest absolute Gasteiger partial charge is 0.149 e. The first-order valence-electron chi connectivity index (χ1n) is 9.03. The Bertz CT molecular complexity index is 952. The fraction of sp³-hybridized carbons (Fsp3) is 0.400. The van der Waals surface area contributed by atoms with Crippen LogP contribution in [0.25, 0.3) is 21.3 Å². The van der Waals surface area contributed by atoms with Crippen molar-refractivity contribution in [1.29, 1.82) is 0 Å². The number of likely N-dealkylation sites (tertiary alicyclic amines) is 1. The molecule has 1 aliphatic rings. The molecule has 1 atom stereocenters. The molecule has 0 saturated carbocycles. The minimum Gasteiger partial charge on any atom is -0.507 e. The van der Waals surface area contributed by atoms with Crippen LogP contribution in [0, 0.1) is 13.8 Å². The highest BCUT2D eigenvalue weighted by Crippen LogP contribution is 2.39. The highest BCUT2D eigenvalue weighted by Gasteiger charge is 2.19. The number of hydrogen-bond acceptors (Lipinski definition) is 6. The highest BCUT2D eigenvalue weighted by molar-refractivity contribution is 7.19. The third kappa shape index (κ3) is 3.27. The van der Waals surface area contributed by atoms with Gasteiger partial charge >= 0.3 is 0 Å². The van der Waals surface area contributed by atoms with Gasteiger partial charge in [0, 0.05) is 33.1 Å². The third-order valence-corrected chi connectivity index (χ3v) is 6.03. The number of fused-ring (bicyclic) bond motifs is 1. The van der Waals surface area contributed by atoms with E-state index in [1.54, 1.807) is 11.3 Å². The van der Waals surface area contributed by atoms with Crippen LogP contribution in [0.2, 0.25) is 0 Å². The van der Waals surface area contributed by atoms with Gasteiger partial charge in [-0.25, -0.2) is 0 Å². The first-order chi connectivity index (χ1) is 12.5. The quantitative estimate of drug-likeness (QED) is 0.726. The zero-order chi connectivity index (χ0) is 18.3. The fourth-order valence-electron chi connectivity index (χ4n) is 3.73. The van der Waals surface area contributed by atoms with E-state index < -0.39 is 0 Å². The molecule has 1 aliphatic heterocycles. The third-order valence-electron chi connectivity index (χ3n) is 5.01. The lowest BCUT2D eigenvalue weighted by Gasteiger charge is -2.30. The number of phenols is 1. The van der Waals surface area contributed by atoms with Crippen LogP contribution >= 0.6 is 11.3 Å². The van der Waals surface area contributed by atoms with Crippen molar-refractivity contribution in [2.45, 2.75) is 32.7 Å². The van der Waals surface area contributed by atoms with Crippen LogP contribution in [0.15, 0.2) is 24.3 Å². The van der Waals surface area contributed by atoms with Crippen molar-refractivity contribution in [3.8, 4) is 17.0 Å². The van der Waals surface area contributed by atoms with Crippen molar-refractivity contribution in [3.05, 3.63) is 34.7 Å². The number of benzene rings is 1. The summed E-state index contributed by atoms with van der Waals surface area (Å²) in [6.07, 6.45) is 2.36. The minimum atomic E-state index is 0.291. The maximum Gasteiger partial charge on any atom is 0.149 e. The second-order valence-electron chi connectivity index (χ2n) is 7.24. The fourth-order valence-corrected chi connectivity index (χ4v) is 4.66. The molecule has 26 heavy (non-hydrogen) atoms. The van der Waals surface area contributed by atoms with Gasteiger partial charge in [0.25, 0.3) is 0 Å². The molecule has 0 radical (unpaired) electrons. The molecule has 6 heteroatoms. The highest BCUT2D eigenvalue weighted by atomic mass is 32.1. The number of nitrogens with zero attached hydrogens (tertiary/aromatic N) is 3. The predicted octanol–water partition coefficient (Wildman–Crippen LogP) is 4.19. The number of thiophene rings is 1. The molecule has 0 spiro atoms. The van der Waals surface area contributed by atoms with Crippen LogP contribution in [-0.4, -0.2) is 46.4 Å². The van der Waals surface area contributed by atoms with Crippen LogP contribution in [-0.2, 0) is 0 Å². The van der Waals surface area contributed by atoms with E-state index in [-0.39, 0.29) is 0 Å². The Hall–Kier alpha value is -2.18. The van der Waals surface area contributed by atoms with Crippen LogP contribution in [0.5, 0.6) is 5.75 Å². The van der Waals surface area contributed by atoms with Crippen LogP contribution in [0.4, 0.5) is 5.82 Å². The molecule has 4 rings (SSSR count). The SMILES string of the molecule is Cc1cc2c(O)c(-c3nnc(NC4CCCN(C)C4)cc3C)ccc2s1. The number of phenolic OH excluding ortho intramolecular Hbond substituents is 1. The number of aryl methyl sites for hydroxylation is 2. The van der Waals surface area contributed by atoms with E-state index in [1.807, 2.05) is 31.2 Å². The summed E-state index contributed by atoms with van der Waals surface area (Å²) in [7, 11) is 2.15. The van der Waals surface area contributed by atoms with Gasteiger partial charge < -0.3 is 15.3 Å². The molecule has 0 amide bonds. The number of aromatic hydroxyl groups is 1. The molecular weight excluding hydrogens is 344 g/mol. The van der Waals surface area contributed by atoms with Gasteiger partial charge in [-0.15, -0.1) is 21.5 Å². The molecular formula is C20H24N4OS. The Morgan fingerprint density at radius 2 is 2.08 bits per heavy atom. The van der Waals surface area contributed by atoms with Gasteiger partial charge in [-0.1, -0.05) is 0 Å². The lowest BCUT2D eigenvalue weighted by Crippen LogP contribution is -2.39. The number of aromatic nitrogens is 2. The van der Waals surface area contributed by atoms with Gasteiger partial charge in [0.2, 0.25) is 0 Å². The zero-order valence-electron chi connectivity index (χ0n) is 15.4. The largest absolute Gasteiger partial charge is 0.507 e. The standard InChI is InChI=1S/C20H24N4OS/c1-12-9-18(21-14-5-4-8-24(3)11-14)22-23-19(12)15-6-7-17-16(20(15)25)10-13(2)26-17/h6-7,9-10,14,25H,4-5,8,11H2,1-3H3,(H,21,22). The second kappa shape index (κ2) is 6.85. The number of anilines is 1. The summed E-state index contributed by atoms with van der Waals surface area (Å²) in [4.78, 5) is 3.53. The van der Waals surface area contributed by atoms with E-state index in [2.05, 4.69) is 34.4 Å². The molecule has 0 bridgehead atoms. The average molecular weight is 369 g/mol. The molecule has 3 heterocycles. The zero-order valence-corrected chi connectivity index (χ0v) is 16.2. The molecule has 5 nitrogen and oxygen atoms in total. The summed E-state index contributed by atoms with van der Waals surface area (Å²) in [5, 5.41) is 23.9. The van der Waals surface area contributed by atoms with Crippen LogP contribution in [0.3, 0.4) is 0 Å². The molecule has 1 fully saturated rings. The minimum absolute atomic E-state index is 0.291. The maximum atomic E-state index is 10.7. The molecule has 3 aromatic rings. The van der Waals surface area contributed by atoms with Crippen molar-refractivity contribution < 1.29 is 5.11 Å². The van der Waals surface area contributed by atoms with Gasteiger partial charge in [0.05, 0.1) is 5.69 Å². The molecule has 136 valence electrons. The molecule has 2 N–H and O–H groups in total. The van der Waals surface area contributed by atoms with E-state index in [0.29, 0.717) is 11.8 Å². The predicted molar refractivity (Wildman–Crippen MR) is 108 cm³/mol. The summed E-state index contributed by atoms with van der Waals surface area (Å²) in [6.45, 7) is 6.26. The number of likely N-dealkylation sites (N-methyl/N-ethyl adjacent to an activating group) is 1. The average Bonchev–Trinajstić information content (AvgIpc) is 2.98. The Balaban J connectivity index is 1.63. The van der Waals surface area contributed by atoms with Gasteiger partial charge in [0.15, 0.2) is 0 Å². The van der Waals surface area contributed by atoms with Crippen molar-refractivity contribution in [2.75, 3.05) is 25.5 Å². The molecule has 1 unspecified atom stereocenters. The summed E-state index contributed by atoms with van der Waals surface area (Å²) in [5.74, 6) is 1.09. The summed E-state index contributed by atoms with van der Waals surface area (Å²) in [5.41, 5.74) is 2.48. The molecule has 1 saturated heterocycles. The van der Waals surface area contributed by atoms with E-state index in [0.717, 1.165) is 52.2 Å². The first kappa shape index (κ1) is 17.2. The topological polar surface area (TPSA) is 61.3 Å². The van der Waals surface area contributed by atoms with Crippen LogP contribution < -0.4 is 5.32 Å². The summed E-state index contributed by atoms with van der Waals surface area (Å²) >= 11 is 1.69.